The number of hydrogen-bond acceptors (Lipinski definition) is 3. The molecule has 2 aromatic rings. The summed E-state index contributed by atoms with van der Waals surface area (Å²) < 4.78 is 59.7. The highest BCUT2D eigenvalue weighted by Gasteiger charge is 2.23. The van der Waals surface area contributed by atoms with Crippen LogP contribution in [0.2, 0.25) is 0 Å². The van der Waals surface area contributed by atoms with Crippen LogP contribution in [0.25, 0.3) is 0 Å². The first kappa shape index (κ1) is 18.4. The lowest BCUT2D eigenvalue weighted by Crippen LogP contribution is -2.25. The van der Waals surface area contributed by atoms with E-state index in [1.165, 1.54) is 7.11 Å². The fourth-order valence-corrected chi connectivity index (χ4v) is 4.10. The van der Waals surface area contributed by atoms with Crippen molar-refractivity contribution in [1.82, 2.24) is 4.72 Å². The predicted octanol–water partition coefficient (Wildman–Crippen LogP) is 3.38. The van der Waals surface area contributed by atoms with Gasteiger partial charge in [-0.05, 0) is 61.7 Å². The lowest BCUT2D eigenvalue weighted by molar-refractivity contribution is 0.410. The summed E-state index contributed by atoms with van der Waals surface area (Å²) in [5.74, 6) is -0.697. The monoisotopic (exact) mass is 355 g/mol. The van der Waals surface area contributed by atoms with Gasteiger partial charge in [0.15, 0.2) is 0 Å². The van der Waals surface area contributed by atoms with Crippen LogP contribution in [-0.2, 0) is 16.6 Å². The molecule has 4 nitrogen and oxygen atoms in total. The molecular formula is C17H19F2NO3S. The molecule has 0 unspecified atom stereocenters. The molecule has 0 saturated carbocycles. The van der Waals surface area contributed by atoms with Crippen LogP contribution in [0, 0.1) is 32.4 Å². The number of benzene rings is 2. The zero-order valence-electron chi connectivity index (χ0n) is 13.9. The number of nitrogens with one attached hydrogen (secondary N) is 1. The van der Waals surface area contributed by atoms with Gasteiger partial charge in [0.2, 0.25) is 10.0 Å². The van der Waals surface area contributed by atoms with Gasteiger partial charge in [0.05, 0.1) is 12.0 Å². The van der Waals surface area contributed by atoms with Crippen LogP contribution >= 0.6 is 0 Å². The van der Waals surface area contributed by atoms with E-state index in [9.17, 15) is 17.2 Å². The molecular weight excluding hydrogens is 336 g/mol. The van der Waals surface area contributed by atoms with Gasteiger partial charge in [0.1, 0.15) is 17.4 Å². The quantitative estimate of drug-likeness (QED) is 0.895. The Balaban J connectivity index is 2.38. The first-order chi connectivity index (χ1) is 11.2. The van der Waals surface area contributed by atoms with Crippen LogP contribution in [0.4, 0.5) is 8.78 Å². The summed E-state index contributed by atoms with van der Waals surface area (Å²) in [6, 6.07) is 4.55. The zero-order chi connectivity index (χ0) is 18.1. The van der Waals surface area contributed by atoms with Crippen molar-refractivity contribution in [2.45, 2.75) is 32.2 Å². The minimum atomic E-state index is -3.89. The van der Waals surface area contributed by atoms with Gasteiger partial charge < -0.3 is 4.74 Å². The zero-order valence-corrected chi connectivity index (χ0v) is 14.7. The average Bonchev–Trinajstić information content (AvgIpc) is 2.51. The third-order valence-corrected chi connectivity index (χ3v) is 5.62. The second-order valence-electron chi connectivity index (χ2n) is 5.54. The van der Waals surface area contributed by atoms with Crippen LogP contribution < -0.4 is 9.46 Å². The van der Waals surface area contributed by atoms with Crippen LogP contribution in [0.3, 0.4) is 0 Å². The van der Waals surface area contributed by atoms with Crippen molar-refractivity contribution in [1.29, 1.82) is 0 Å². The minimum absolute atomic E-state index is 0.0564. The molecule has 1 N–H and O–H groups in total. The molecule has 0 amide bonds. The van der Waals surface area contributed by atoms with E-state index in [-0.39, 0.29) is 17.0 Å². The van der Waals surface area contributed by atoms with Crippen molar-refractivity contribution in [2.75, 3.05) is 7.11 Å². The van der Waals surface area contributed by atoms with Crippen LogP contribution in [0.1, 0.15) is 22.3 Å². The second-order valence-corrected chi connectivity index (χ2v) is 7.24. The number of rotatable bonds is 5. The fraction of sp³-hybridized carbons (Fsp3) is 0.294. The maximum atomic E-state index is 13.7. The lowest BCUT2D eigenvalue weighted by Gasteiger charge is -2.17. The summed E-state index contributed by atoms with van der Waals surface area (Å²) in [6.45, 7) is 4.77. The van der Waals surface area contributed by atoms with Gasteiger partial charge in [-0.15, -0.1) is 0 Å². The third kappa shape index (κ3) is 3.57. The maximum Gasteiger partial charge on any atom is 0.241 e. The number of ether oxygens (including phenoxy) is 1. The summed E-state index contributed by atoms with van der Waals surface area (Å²) in [6.07, 6.45) is 0. The molecule has 7 heteroatoms. The Bertz CT molecular complexity index is 880. The van der Waals surface area contributed by atoms with E-state index in [4.69, 9.17) is 4.74 Å². The van der Waals surface area contributed by atoms with Gasteiger partial charge in [-0.3, -0.25) is 0 Å². The van der Waals surface area contributed by atoms with Crippen molar-refractivity contribution in [3.8, 4) is 5.75 Å². The Morgan fingerprint density at radius 3 is 2.38 bits per heavy atom. The Hall–Kier alpha value is -1.99. The Labute approximate surface area is 140 Å². The largest absolute Gasteiger partial charge is 0.496 e. The van der Waals surface area contributed by atoms with E-state index in [0.717, 1.165) is 18.2 Å². The first-order valence-electron chi connectivity index (χ1n) is 7.25. The lowest BCUT2D eigenvalue weighted by atomic mass is 10.1. The smallest absolute Gasteiger partial charge is 0.241 e. The summed E-state index contributed by atoms with van der Waals surface area (Å²) in [5, 5.41) is 0. The predicted molar refractivity (Wildman–Crippen MR) is 87.6 cm³/mol. The van der Waals surface area contributed by atoms with E-state index in [1.807, 2.05) is 0 Å². The van der Waals surface area contributed by atoms with E-state index in [2.05, 4.69) is 4.72 Å². The normalized spacial score (nSPS) is 11.6. The topological polar surface area (TPSA) is 55.4 Å². The molecule has 0 fully saturated rings. The Morgan fingerprint density at radius 1 is 1.08 bits per heavy atom. The molecule has 0 aliphatic heterocycles. The summed E-state index contributed by atoms with van der Waals surface area (Å²) >= 11 is 0. The number of aryl methyl sites for hydroxylation is 1. The second kappa shape index (κ2) is 6.86. The molecule has 0 atom stereocenters. The molecule has 2 aromatic carbocycles. The number of hydrogen-bond donors (Lipinski definition) is 1. The molecule has 2 rings (SSSR count). The number of halogens is 2. The first-order valence-corrected chi connectivity index (χ1v) is 8.74. The standard InChI is InChI=1S/C17H19F2NO3S/c1-10-7-16(23-4)11(2)12(3)17(10)24(21,22)20-9-13-8-14(18)5-6-15(13)19/h5-8,20H,9H2,1-4H3. The van der Waals surface area contributed by atoms with Gasteiger partial charge in [-0.1, -0.05) is 0 Å². The highest BCUT2D eigenvalue weighted by atomic mass is 32.2. The van der Waals surface area contributed by atoms with Crippen LogP contribution in [0.5, 0.6) is 5.75 Å². The van der Waals surface area contributed by atoms with Crippen molar-refractivity contribution in [3.63, 3.8) is 0 Å². The molecule has 0 bridgehead atoms. The summed E-state index contributed by atoms with van der Waals surface area (Å²) in [4.78, 5) is 0.123. The van der Waals surface area contributed by atoms with Gasteiger partial charge in [0.25, 0.3) is 0 Å². The van der Waals surface area contributed by atoms with Gasteiger partial charge in [-0.2, -0.15) is 0 Å². The van der Waals surface area contributed by atoms with E-state index >= 15 is 0 Å². The van der Waals surface area contributed by atoms with E-state index < -0.39 is 21.7 Å². The number of sulfonamides is 1. The van der Waals surface area contributed by atoms with Gasteiger partial charge >= 0.3 is 0 Å². The van der Waals surface area contributed by atoms with Crippen molar-refractivity contribution < 1.29 is 21.9 Å². The molecule has 0 heterocycles. The maximum absolute atomic E-state index is 13.7. The molecule has 130 valence electrons. The molecule has 24 heavy (non-hydrogen) atoms. The molecule has 0 radical (unpaired) electrons. The summed E-state index contributed by atoms with van der Waals surface area (Å²) in [5.41, 5.74) is 1.72. The molecule has 0 spiro atoms. The third-order valence-electron chi connectivity index (χ3n) is 3.93. The van der Waals surface area contributed by atoms with Gasteiger partial charge in [0, 0.05) is 12.1 Å². The average molecular weight is 355 g/mol. The number of methoxy groups -OCH3 is 1. The Kier molecular flexibility index (Phi) is 5.25. The molecule has 0 aliphatic carbocycles. The van der Waals surface area contributed by atoms with Crippen LogP contribution in [-0.4, -0.2) is 15.5 Å². The molecule has 0 aliphatic rings. The van der Waals surface area contributed by atoms with E-state index in [1.54, 1.807) is 26.8 Å². The van der Waals surface area contributed by atoms with Crippen LogP contribution in [0.15, 0.2) is 29.2 Å². The van der Waals surface area contributed by atoms with Crippen molar-refractivity contribution in [3.05, 3.63) is 58.2 Å². The fourth-order valence-electron chi connectivity index (χ4n) is 2.57. The molecule has 0 aromatic heterocycles. The van der Waals surface area contributed by atoms with E-state index in [0.29, 0.717) is 22.4 Å². The molecule has 0 saturated heterocycles. The SMILES string of the molecule is COc1cc(C)c(S(=O)(=O)NCc2cc(F)ccc2F)c(C)c1C. The van der Waals surface area contributed by atoms with Crippen molar-refractivity contribution >= 4 is 10.0 Å². The van der Waals surface area contributed by atoms with Gasteiger partial charge in [-0.25, -0.2) is 21.9 Å². The highest BCUT2D eigenvalue weighted by molar-refractivity contribution is 7.89. The minimum Gasteiger partial charge on any atom is -0.496 e. The highest BCUT2D eigenvalue weighted by Crippen LogP contribution is 2.30. The summed E-state index contributed by atoms with van der Waals surface area (Å²) in [7, 11) is -2.38. The Morgan fingerprint density at radius 2 is 1.75 bits per heavy atom. The van der Waals surface area contributed by atoms with Crippen molar-refractivity contribution in [2.24, 2.45) is 0 Å².